The van der Waals surface area contributed by atoms with Crippen LogP contribution >= 0.6 is 0 Å². The Labute approximate surface area is 299 Å². The van der Waals surface area contributed by atoms with Gasteiger partial charge in [0.25, 0.3) is 0 Å². The van der Waals surface area contributed by atoms with Gasteiger partial charge in [0.2, 0.25) is 0 Å². The first kappa shape index (κ1) is 29.7. The Kier molecular flexibility index (Phi) is 6.51. The van der Waals surface area contributed by atoms with E-state index in [1.165, 1.54) is 87.7 Å². The molecule has 0 spiro atoms. The predicted molar refractivity (Wildman–Crippen MR) is 219 cm³/mol. The van der Waals surface area contributed by atoms with Gasteiger partial charge in [0, 0.05) is 27.6 Å². The summed E-state index contributed by atoms with van der Waals surface area (Å²) in [6.07, 6.45) is 0. The van der Waals surface area contributed by atoms with Gasteiger partial charge >= 0.3 is 0 Å². The lowest BCUT2D eigenvalue weighted by atomic mass is 9.79. The Hall–Kier alpha value is -6.18. The summed E-state index contributed by atoms with van der Waals surface area (Å²) < 4.78 is 0. The van der Waals surface area contributed by atoms with Crippen LogP contribution in [0.5, 0.6) is 0 Å². The number of benzene rings is 9. The molecule has 0 atom stereocenters. The molecule has 0 aromatic heterocycles. The first-order chi connectivity index (χ1) is 25.0. The van der Waals surface area contributed by atoms with Crippen molar-refractivity contribution in [1.29, 1.82) is 0 Å². The van der Waals surface area contributed by atoms with Gasteiger partial charge in [0.05, 0.1) is 5.69 Å². The molecule has 1 aliphatic carbocycles. The summed E-state index contributed by atoms with van der Waals surface area (Å²) in [7, 11) is 0. The highest BCUT2D eigenvalue weighted by atomic mass is 15.1. The average molecular weight is 652 g/mol. The SMILES string of the molecule is Cc1ccc(N(c2ccc3ccccc3c2)c2c3ccccc3c(-c3cc4c(c5ccccc35)-c3ccccc3C4(C)C)c3ccccc23)cc1. The van der Waals surface area contributed by atoms with Gasteiger partial charge in [0.15, 0.2) is 0 Å². The summed E-state index contributed by atoms with van der Waals surface area (Å²) in [6.45, 7) is 6.93. The van der Waals surface area contributed by atoms with Crippen molar-refractivity contribution in [3.05, 3.63) is 187 Å². The van der Waals surface area contributed by atoms with Crippen molar-refractivity contribution in [2.45, 2.75) is 26.2 Å². The molecule has 0 heterocycles. The summed E-state index contributed by atoms with van der Waals surface area (Å²) in [5.74, 6) is 0. The fraction of sp³-hybridized carbons (Fsp3) is 0.0800. The lowest BCUT2D eigenvalue weighted by Crippen LogP contribution is -2.15. The van der Waals surface area contributed by atoms with Crippen LogP contribution < -0.4 is 4.90 Å². The highest BCUT2D eigenvalue weighted by Gasteiger charge is 2.37. The first-order valence-electron chi connectivity index (χ1n) is 17.9. The van der Waals surface area contributed by atoms with Crippen molar-refractivity contribution in [2.24, 2.45) is 0 Å². The van der Waals surface area contributed by atoms with Crippen LogP contribution in [0.4, 0.5) is 17.1 Å². The molecule has 0 bridgehead atoms. The molecule has 0 saturated heterocycles. The molecule has 10 rings (SSSR count). The zero-order chi connectivity index (χ0) is 34.3. The van der Waals surface area contributed by atoms with Crippen LogP contribution in [0.2, 0.25) is 0 Å². The van der Waals surface area contributed by atoms with Gasteiger partial charge in [-0.3, -0.25) is 0 Å². The van der Waals surface area contributed by atoms with E-state index in [0.29, 0.717) is 0 Å². The molecule has 242 valence electrons. The van der Waals surface area contributed by atoms with E-state index in [0.717, 1.165) is 11.4 Å². The largest absolute Gasteiger partial charge is 0.309 e. The summed E-state index contributed by atoms with van der Waals surface area (Å²) in [5, 5.41) is 10.0. The fourth-order valence-electron chi connectivity index (χ4n) is 8.81. The standard InChI is InChI=1S/C50H37N/c1-32-24-27-35(28-25-32)51(36-29-26-33-14-4-5-15-34(33)30-36)49-41-20-10-8-18-39(41)47(40-19-9-11-21-42(40)49)44-31-46-48(38-17-7-6-16-37(38)44)43-22-12-13-23-45(43)50(46,2)3/h4-31H,1-3H3. The molecule has 0 fully saturated rings. The zero-order valence-electron chi connectivity index (χ0n) is 29.1. The number of anilines is 3. The van der Waals surface area contributed by atoms with Gasteiger partial charge in [-0.2, -0.15) is 0 Å². The van der Waals surface area contributed by atoms with Gasteiger partial charge in [-0.05, 0) is 103 Å². The number of rotatable bonds is 4. The number of nitrogens with zero attached hydrogens (tertiary/aromatic N) is 1. The zero-order valence-corrected chi connectivity index (χ0v) is 29.1. The maximum absolute atomic E-state index is 2.52. The molecule has 0 unspecified atom stereocenters. The second-order valence-electron chi connectivity index (χ2n) is 14.6. The molecule has 51 heavy (non-hydrogen) atoms. The predicted octanol–water partition coefficient (Wildman–Crippen LogP) is 14.1. The third kappa shape index (κ3) is 4.41. The van der Waals surface area contributed by atoms with Crippen LogP contribution in [0, 0.1) is 6.92 Å². The molecule has 1 nitrogen and oxygen atoms in total. The maximum Gasteiger partial charge on any atom is 0.0618 e. The van der Waals surface area contributed by atoms with E-state index in [1.807, 2.05) is 0 Å². The van der Waals surface area contributed by atoms with E-state index in [1.54, 1.807) is 0 Å². The van der Waals surface area contributed by atoms with Crippen molar-refractivity contribution < 1.29 is 0 Å². The topological polar surface area (TPSA) is 3.24 Å². The normalized spacial score (nSPS) is 13.2. The molecular formula is C50H37N. The lowest BCUT2D eigenvalue weighted by Gasteiger charge is -2.30. The molecule has 0 radical (unpaired) electrons. The van der Waals surface area contributed by atoms with E-state index < -0.39 is 0 Å². The molecule has 1 heteroatoms. The Morgan fingerprint density at radius 1 is 0.392 bits per heavy atom. The Morgan fingerprint density at radius 2 is 0.922 bits per heavy atom. The lowest BCUT2D eigenvalue weighted by molar-refractivity contribution is 0.661. The van der Waals surface area contributed by atoms with E-state index >= 15 is 0 Å². The van der Waals surface area contributed by atoms with E-state index in [2.05, 4.69) is 196 Å². The van der Waals surface area contributed by atoms with Crippen LogP contribution in [0.25, 0.3) is 65.3 Å². The molecule has 0 aliphatic heterocycles. The smallest absolute Gasteiger partial charge is 0.0618 e. The minimum absolute atomic E-state index is 0.116. The van der Waals surface area contributed by atoms with Gasteiger partial charge in [0.1, 0.15) is 0 Å². The van der Waals surface area contributed by atoms with Gasteiger partial charge < -0.3 is 4.90 Å². The highest BCUT2D eigenvalue weighted by molar-refractivity contribution is 6.25. The van der Waals surface area contributed by atoms with Gasteiger partial charge in [-0.25, -0.2) is 0 Å². The fourth-order valence-corrected chi connectivity index (χ4v) is 8.81. The Balaban J connectivity index is 1.33. The van der Waals surface area contributed by atoms with Crippen molar-refractivity contribution >= 4 is 60.2 Å². The average Bonchev–Trinajstić information content (AvgIpc) is 3.41. The number of hydrogen-bond donors (Lipinski definition) is 0. The van der Waals surface area contributed by atoms with Crippen LogP contribution in [-0.2, 0) is 5.41 Å². The second-order valence-corrected chi connectivity index (χ2v) is 14.6. The van der Waals surface area contributed by atoms with Crippen LogP contribution in [0.15, 0.2) is 170 Å². The molecule has 9 aromatic rings. The van der Waals surface area contributed by atoms with Gasteiger partial charge in [-0.15, -0.1) is 0 Å². The Morgan fingerprint density at radius 3 is 1.61 bits per heavy atom. The Bertz CT molecular complexity index is 2780. The molecule has 0 N–H and O–H groups in total. The van der Waals surface area contributed by atoms with E-state index in [-0.39, 0.29) is 5.41 Å². The highest BCUT2D eigenvalue weighted by Crippen LogP contribution is 2.55. The quantitative estimate of drug-likeness (QED) is 0.171. The van der Waals surface area contributed by atoms with E-state index in [4.69, 9.17) is 0 Å². The number of fused-ring (bicyclic) bond motifs is 8. The molecule has 0 amide bonds. The third-order valence-corrected chi connectivity index (χ3v) is 11.3. The maximum atomic E-state index is 2.52. The molecule has 9 aromatic carbocycles. The van der Waals surface area contributed by atoms with Crippen LogP contribution in [0.3, 0.4) is 0 Å². The van der Waals surface area contributed by atoms with Crippen molar-refractivity contribution in [1.82, 2.24) is 0 Å². The van der Waals surface area contributed by atoms with Crippen molar-refractivity contribution in [3.63, 3.8) is 0 Å². The van der Waals surface area contributed by atoms with Crippen molar-refractivity contribution in [2.75, 3.05) is 4.90 Å². The summed E-state index contributed by atoms with van der Waals surface area (Å²) in [4.78, 5) is 2.47. The summed E-state index contributed by atoms with van der Waals surface area (Å²) in [6, 6.07) is 63.1. The third-order valence-electron chi connectivity index (χ3n) is 11.3. The number of hydrogen-bond acceptors (Lipinski definition) is 1. The van der Waals surface area contributed by atoms with Gasteiger partial charge in [-0.1, -0.05) is 159 Å². The summed E-state index contributed by atoms with van der Waals surface area (Å²) >= 11 is 0. The molecular weight excluding hydrogens is 615 g/mol. The van der Waals surface area contributed by atoms with Crippen molar-refractivity contribution in [3.8, 4) is 22.3 Å². The minimum Gasteiger partial charge on any atom is -0.309 e. The van der Waals surface area contributed by atoms with Crippen LogP contribution in [0.1, 0.15) is 30.5 Å². The summed E-state index contributed by atoms with van der Waals surface area (Å²) in [5.41, 5.74) is 12.7. The number of aryl methyl sites for hydroxylation is 1. The monoisotopic (exact) mass is 651 g/mol. The molecule has 0 saturated carbocycles. The second kappa shape index (κ2) is 11.2. The van der Waals surface area contributed by atoms with E-state index in [9.17, 15) is 0 Å². The van der Waals surface area contributed by atoms with Crippen LogP contribution in [-0.4, -0.2) is 0 Å². The minimum atomic E-state index is -0.116. The first-order valence-corrected chi connectivity index (χ1v) is 17.9. The molecule has 1 aliphatic rings.